The van der Waals surface area contributed by atoms with Crippen molar-refractivity contribution in [3.8, 4) is 0 Å². The summed E-state index contributed by atoms with van der Waals surface area (Å²) in [5.41, 5.74) is 0. The zero-order chi connectivity index (χ0) is 13.9. The van der Waals surface area contributed by atoms with Gasteiger partial charge in [-0.2, -0.15) is 4.31 Å². The third kappa shape index (κ3) is 2.98. The Morgan fingerprint density at radius 3 is 2.63 bits per heavy atom. The lowest BCUT2D eigenvalue weighted by atomic mass is 10.2. The lowest BCUT2D eigenvalue weighted by molar-refractivity contribution is 0.0483. The summed E-state index contributed by atoms with van der Waals surface area (Å²) < 4.78 is 35.8. The molecule has 1 aromatic rings. The van der Waals surface area contributed by atoms with Crippen LogP contribution in [0.5, 0.6) is 0 Å². The van der Waals surface area contributed by atoms with E-state index in [9.17, 15) is 13.2 Å². The Hall–Kier alpha value is -1.34. The molecule has 19 heavy (non-hydrogen) atoms. The SMILES string of the molecule is CCOC(=O)c1ccc(S(=O)(=O)N2CCCCC2)o1. The van der Waals surface area contributed by atoms with E-state index in [4.69, 9.17) is 9.15 Å². The molecule has 7 heteroatoms. The highest BCUT2D eigenvalue weighted by atomic mass is 32.2. The van der Waals surface area contributed by atoms with Crippen LogP contribution in [0.15, 0.2) is 21.6 Å². The second kappa shape index (κ2) is 5.75. The summed E-state index contributed by atoms with van der Waals surface area (Å²) in [7, 11) is -3.63. The smallest absolute Gasteiger partial charge is 0.374 e. The Kier molecular flexibility index (Phi) is 4.26. The number of carbonyl (C=O) groups excluding carboxylic acids is 1. The minimum absolute atomic E-state index is 0.0857. The van der Waals surface area contributed by atoms with E-state index in [1.807, 2.05) is 0 Å². The lowest BCUT2D eigenvalue weighted by Gasteiger charge is -2.24. The normalized spacial score (nSPS) is 17.3. The van der Waals surface area contributed by atoms with Crippen molar-refractivity contribution in [3.63, 3.8) is 0 Å². The number of nitrogens with zero attached hydrogens (tertiary/aromatic N) is 1. The van der Waals surface area contributed by atoms with Gasteiger partial charge in [0.05, 0.1) is 6.61 Å². The monoisotopic (exact) mass is 287 g/mol. The molecule has 0 N–H and O–H groups in total. The van der Waals surface area contributed by atoms with E-state index >= 15 is 0 Å². The van der Waals surface area contributed by atoms with Crippen molar-refractivity contribution in [2.45, 2.75) is 31.3 Å². The average molecular weight is 287 g/mol. The molecule has 0 saturated carbocycles. The van der Waals surface area contributed by atoms with Gasteiger partial charge < -0.3 is 9.15 Å². The van der Waals surface area contributed by atoms with Crippen LogP contribution in [0.4, 0.5) is 0 Å². The van der Waals surface area contributed by atoms with Gasteiger partial charge >= 0.3 is 5.97 Å². The maximum absolute atomic E-state index is 12.3. The van der Waals surface area contributed by atoms with E-state index in [1.165, 1.54) is 16.4 Å². The predicted octanol–water partition coefficient (Wildman–Crippen LogP) is 1.63. The van der Waals surface area contributed by atoms with E-state index < -0.39 is 16.0 Å². The summed E-state index contributed by atoms with van der Waals surface area (Å²) in [5, 5.41) is -0.197. The molecule has 0 bridgehead atoms. The van der Waals surface area contributed by atoms with Crippen molar-refractivity contribution in [3.05, 3.63) is 17.9 Å². The quantitative estimate of drug-likeness (QED) is 0.787. The summed E-state index contributed by atoms with van der Waals surface area (Å²) in [6.07, 6.45) is 2.74. The van der Waals surface area contributed by atoms with Gasteiger partial charge in [0.1, 0.15) is 0 Å². The number of sulfonamides is 1. The van der Waals surface area contributed by atoms with Gasteiger partial charge in [-0.3, -0.25) is 0 Å². The molecule has 6 nitrogen and oxygen atoms in total. The Balaban J connectivity index is 2.19. The van der Waals surface area contributed by atoms with E-state index in [-0.39, 0.29) is 17.5 Å². The lowest BCUT2D eigenvalue weighted by Crippen LogP contribution is -2.35. The molecule has 2 heterocycles. The number of carbonyl (C=O) groups is 1. The highest BCUT2D eigenvalue weighted by Crippen LogP contribution is 2.22. The molecule has 1 aliphatic rings. The Labute approximate surface area is 112 Å². The zero-order valence-corrected chi connectivity index (χ0v) is 11.6. The molecule has 1 saturated heterocycles. The highest BCUT2D eigenvalue weighted by Gasteiger charge is 2.29. The van der Waals surface area contributed by atoms with E-state index in [1.54, 1.807) is 6.92 Å². The second-order valence-corrected chi connectivity index (χ2v) is 6.17. The van der Waals surface area contributed by atoms with Crippen LogP contribution in [0.1, 0.15) is 36.7 Å². The highest BCUT2D eigenvalue weighted by molar-refractivity contribution is 7.89. The number of ether oxygens (including phenoxy) is 1. The van der Waals surface area contributed by atoms with Crippen molar-refractivity contribution < 1.29 is 22.4 Å². The minimum Gasteiger partial charge on any atom is -0.460 e. The van der Waals surface area contributed by atoms with Crippen LogP contribution in [-0.4, -0.2) is 38.4 Å². The fraction of sp³-hybridized carbons (Fsp3) is 0.583. The van der Waals surface area contributed by atoms with Crippen LogP contribution >= 0.6 is 0 Å². The molecule has 1 fully saturated rings. The molecule has 0 aliphatic carbocycles. The first-order chi connectivity index (χ1) is 9.05. The molecule has 1 aliphatic heterocycles. The molecule has 0 aromatic carbocycles. The van der Waals surface area contributed by atoms with Crippen molar-refractivity contribution in [1.82, 2.24) is 4.31 Å². The first kappa shape index (κ1) is 14.1. The minimum atomic E-state index is -3.63. The van der Waals surface area contributed by atoms with Gasteiger partial charge in [-0.1, -0.05) is 6.42 Å². The van der Waals surface area contributed by atoms with Gasteiger partial charge in [0.2, 0.25) is 10.9 Å². The van der Waals surface area contributed by atoms with Gasteiger partial charge in [-0.25, -0.2) is 13.2 Å². The van der Waals surface area contributed by atoms with Gasteiger partial charge in [0.25, 0.3) is 10.0 Å². The predicted molar refractivity (Wildman–Crippen MR) is 67.3 cm³/mol. The Morgan fingerprint density at radius 1 is 1.32 bits per heavy atom. The Bertz CT molecular complexity index is 542. The van der Waals surface area contributed by atoms with Gasteiger partial charge in [-0.15, -0.1) is 0 Å². The topological polar surface area (TPSA) is 76.8 Å². The first-order valence-corrected chi connectivity index (χ1v) is 7.77. The van der Waals surface area contributed by atoms with Crippen LogP contribution in [0.25, 0.3) is 0 Å². The fourth-order valence-corrected chi connectivity index (χ4v) is 3.43. The van der Waals surface area contributed by atoms with E-state index in [0.29, 0.717) is 13.1 Å². The van der Waals surface area contributed by atoms with Crippen LogP contribution in [0.2, 0.25) is 0 Å². The van der Waals surface area contributed by atoms with Crippen LogP contribution < -0.4 is 0 Å². The number of hydrogen-bond donors (Lipinski definition) is 0. The number of hydrogen-bond acceptors (Lipinski definition) is 5. The van der Waals surface area contributed by atoms with Crippen LogP contribution in [-0.2, 0) is 14.8 Å². The third-order valence-corrected chi connectivity index (χ3v) is 4.74. The molecule has 0 radical (unpaired) electrons. The fourth-order valence-electron chi connectivity index (χ4n) is 2.00. The van der Waals surface area contributed by atoms with Crippen LogP contribution in [0, 0.1) is 0 Å². The number of esters is 1. The van der Waals surface area contributed by atoms with Gasteiger partial charge in [-0.05, 0) is 31.9 Å². The largest absolute Gasteiger partial charge is 0.460 e. The summed E-state index contributed by atoms with van der Waals surface area (Å²) >= 11 is 0. The summed E-state index contributed by atoms with van der Waals surface area (Å²) in [5.74, 6) is -0.736. The molecule has 106 valence electrons. The molecule has 0 unspecified atom stereocenters. The molecule has 0 amide bonds. The standard InChI is InChI=1S/C12H17NO5S/c1-2-17-12(14)10-6-7-11(18-10)19(15,16)13-8-4-3-5-9-13/h6-7H,2-5,8-9H2,1H3. The number of furan rings is 1. The molecular formula is C12H17NO5S. The molecular weight excluding hydrogens is 270 g/mol. The maximum atomic E-state index is 12.3. The van der Waals surface area contributed by atoms with E-state index in [0.717, 1.165) is 19.3 Å². The molecule has 0 spiro atoms. The zero-order valence-electron chi connectivity index (χ0n) is 10.8. The Morgan fingerprint density at radius 2 is 2.00 bits per heavy atom. The summed E-state index contributed by atoms with van der Waals surface area (Å²) in [6, 6.07) is 2.63. The third-order valence-electron chi connectivity index (χ3n) is 2.97. The van der Waals surface area contributed by atoms with E-state index in [2.05, 4.69) is 0 Å². The van der Waals surface area contributed by atoms with Crippen molar-refractivity contribution in [1.29, 1.82) is 0 Å². The maximum Gasteiger partial charge on any atom is 0.374 e. The number of rotatable bonds is 4. The van der Waals surface area contributed by atoms with Gasteiger partial charge in [0, 0.05) is 13.1 Å². The summed E-state index contributed by atoms with van der Waals surface area (Å²) in [6.45, 7) is 2.88. The summed E-state index contributed by atoms with van der Waals surface area (Å²) in [4.78, 5) is 11.4. The van der Waals surface area contributed by atoms with Crippen molar-refractivity contribution in [2.24, 2.45) is 0 Å². The molecule has 1 aromatic heterocycles. The average Bonchev–Trinajstić information content (AvgIpc) is 2.90. The molecule has 0 atom stereocenters. The second-order valence-electron chi connectivity index (χ2n) is 4.30. The number of piperidine rings is 1. The molecule has 2 rings (SSSR count). The van der Waals surface area contributed by atoms with Crippen molar-refractivity contribution in [2.75, 3.05) is 19.7 Å². The van der Waals surface area contributed by atoms with Crippen molar-refractivity contribution >= 4 is 16.0 Å². The van der Waals surface area contributed by atoms with Gasteiger partial charge in [0.15, 0.2) is 0 Å². The van der Waals surface area contributed by atoms with Crippen LogP contribution in [0.3, 0.4) is 0 Å². The first-order valence-electron chi connectivity index (χ1n) is 6.33.